The summed E-state index contributed by atoms with van der Waals surface area (Å²) in [7, 11) is 1.29. The lowest BCUT2D eigenvalue weighted by Gasteiger charge is -2.14. The molecule has 92 valence electrons. The summed E-state index contributed by atoms with van der Waals surface area (Å²) in [6.45, 7) is 1.01. The van der Waals surface area contributed by atoms with E-state index in [2.05, 4.69) is 10.3 Å². The molecule has 0 bridgehead atoms. The summed E-state index contributed by atoms with van der Waals surface area (Å²) in [6.07, 6.45) is -1.46. The van der Waals surface area contributed by atoms with Gasteiger partial charge >= 0.3 is 6.18 Å². The van der Waals surface area contributed by atoms with E-state index in [1.807, 2.05) is 0 Å². The Bertz CT molecular complexity index is 455. The van der Waals surface area contributed by atoms with Crippen LogP contribution in [0.1, 0.15) is 11.1 Å². The van der Waals surface area contributed by atoms with E-state index in [0.29, 0.717) is 18.7 Å². The van der Waals surface area contributed by atoms with E-state index in [0.717, 1.165) is 6.07 Å². The summed E-state index contributed by atoms with van der Waals surface area (Å²) >= 11 is 0. The second-order valence-corrected chi connectivity index (χ2v) is 3.63. The Morgan fingerprint density at radius 1 is 1.41 bits per heavy atom. The number of nitrogens with zero attached hydrogens (tertiary/aromatic N) is 1. The Hall–Kier alpha value is -1.56. The van der Waals surface area contributed by atoms with Gasteiger partial charge in [-0.3, -0.25) is 0 Å². The standard InChI is InChI=1S/C11H11F3N2O/c1-17-10-4-9(11(12,13)14)8(6-16-10)7-2-3-15-5-7/h2,4,6,15H,3,5H2,1H3. The first-order chi connectivity index (χ1) is 8.02. The molecule has 0 saturated carbocycles. The van der Waals surface area contributed by atoms with E-state index >= 15 is 0 Å². The van der Waals surface area contributed by atoms with Crippen LogP contribution >= 0.6 is 0 Å². The van der Waals surface area contributed by atoms with Crippen LogP contribution in [0.4, 0.5) is 13.2 Å². The Morgan fingerprint density at radius 2 is 2.18 bits per heavy atom. The number of hydrogen-bond donors (Lipinski definition) is 1. The molecule has 0 spiro atoms. The number of halogens is 3. The molecule has 1 aromatic rings. The molecule has 1 aromatic heterocycles. The lowest BCUT2D eigenvalue weighted by atomic mass is 10.0. The third kappa shape index (κ3) is 2.41. The van der Waals surface area contributed by atoms with E-state index in [1.54, 1.807) is 6.08 Å². The minimum Gasteiger partial charge on any atom is -0.481 e. The van der Waals surface area contributed by atoms with Crippen LogP contribution in [0.5, 0.6) is 5.88 Å². The normalized spacial score (nSPS) is 15.9. The van der Waals surface area contributed by atoms with Crippen molar-refractivity contribution in [3.8, 4) is 5.88 Å². The fourth-order valence-electron chi connectivity index (χ4n) is 1.72. The monoisotopic (exact) mass is 244 g/mol. The highest BCUT2D eigenvalue weighted by Crippen LogP contribution is 2.36. The first kappa shape index (κ1) is 11.9. The highest BCUT2D eigenvalue weighted by molar-refractivity contribution is 5.71. The topological polar surface area (TPSA) is 34.1 Å². The average Bonchev–Trinajstić information content (AvgIpc) is 2.80. The fourth-order valence-corrected chi connectivity index (χ4v) is 1.72. The van der Waals surface area contributed by atoms with Gasteiger partial charge in [-0.1, -0.05) is 6.08 Å². The molecule has 0 atom stereocenters. The van der Waals surface area contributed by atoms with Gasteiger partial charge in [0.1, 0.15) is 0 Å². The molecule has 2 heterocycles. The molecule has 0 unspecified atom stereocenters. The second kappa shape index (κ2) is 4.37. The molecule has 0 radical (unpaired) electrons. The van der Waals surface area contributed by atoms with Gasteiger partial charge in [0.2, 0.25) is 5.88 Å². The molecule has 1 aliphatic heterocycles. The molecular formula is C11H11F3N2O. The van der Waals surface area contributed by atoms with Crippen LogP contribution in [0.25, 0.3) is 5.57 Å². The number of rotatable bonds is 2. The molecule has 0 aliphatic carbocycles. The van der Waals surface area contributed by atoms with E-state index < -0.39 is 11.7 Å². The van der Waals surface area contributed by atoms with E-state index in [9.17, 15) is 13.2 Å². The maximum Gasteiger partial charge on any atom is 0.417 e. The first-order valence-electron chi connectivity index (χ1n) is 5.03. The Balaban J connectivity index is 2.50. The molecule has 1 N–H and O–H groups in total. The number of methoxy groups -OCH3 is 1. The van der Waals surface area contributed by atoms with Gasteiger partial charge in [-0.25, -0.2) is 4.98 Å². The van der Waals surface area contributed by atoms with Crippen LogP contribution in [0.3, 0.4) is 0 Å². The molecule has 0 amide bonds. The highest BCUT2D eigenvalue weighted by Gasteiger charge is 2.35. The molecule has 3 nitrogen and oxygen atoms in total. The Labute approximate surface area is 96.3 Å². The smallest absolute Gasteiger partial charge is 0.417 e. The summed E-state index contributed by atoms with van der Waals surface area (Å²) in [6, 6.07) is 0.925. The SMILES string of the molecule is COc1cc(C(F)(F)F)c(C2=CCNC2)cn1. The third-order valence-corrected chi connectivity index (χ3v) is 2.55. The van der Waals surface area contributed by atoms with Crippen molar-refractivity contribution < 1.29 is 17.9 Å². The Morgan fingerprint density at radius 3 is 2.71 bits per heavy atom. The summed E-state index contributed by atoms with van der Waals surface area (Å²) in [4.78, 5) is 3.83. The lowest BCUT2D eigenvalue weighted by Crippen LogP contribution is -2.13. The van der Waals surface area contributed by atoms with Crippen LogP contribution in [0, 0.1) is 0 Å². The van der Waals surface area contributed by atoms with Gasteiger partial charge in [-0.15, -0.1) is 0 Å². The van der Waals surface area contributed by atoms with Crippen molar-refractivity contribution in [3.05, 3.63) is 29.5 Å². The van der Waals surface area contributed by atoms with Gasteiger partial charge in [0.15, 0.2) is 0 Å². The molecule has 2 rings (SSSR count). The summed E-state index contributed by atoms with van der Waals surface area (Å²) in [5.41, 5.74) is 0.0232. The largest absolute Gasteiger partial charge is 0.481 e. The summed E-state index contributed by atoms with van der Waals surface area (Å²) in [5.74, 6) is -0.0346. The third-order valence-electron chi connectivity index (χ3n) is 2.55. The zero-order valence-electron chi connectivity index (χ0n) is 9.14. The average molecular weight is 244 g/mol. The van der Waals surface area contributed by atoms with Crippen molar-refractivity contribution in [1.82, 2.24) is 10.3 Å². The Kier molecular flexibility index (Phi) is 3.06. The highest BCUT2D eigenvalue weighted by atomic mass is 19.4. The second-order valence-electron chi connectivity index (χ2n) is 3.63. The number of aromatic nitrogens is 1. The maximum absolute atomic E-state index is 12.9. The van der Waals surface area contributed by atoms with Crippen molar-refractivity contribution in [2.75, 3.05) is 20.2 Å². The zero-order chi connectivity index (χ0) is 12.5. The van der Waals surface area contributed by atoms with Gasteiger partial charge in [0, 0.05) is 30.9 Å². The minimum absolute atomic E-state index is 0.0346. The van der Waals surface area contributed by atoms with Gasteiger partial charge < -0.3 is 10.1 Å². The fraction of sp³-hybridized carbons (Fsp3) is 0.364. The van der Waals surface area contributed by atoms with Gasteiger partial charge in [-0.2, -0.15) is 13.2 Å². The molecule has 0 fully saturated rings. The minimum atomic E-state index is -4.41. The van der Waals surface area contributed by atoms with Gasteiger partial charge in [0.25, 0.3) is 0 Å². The van der Waals surface area contributed by atoms with Crippen LogP contribution in [0.2, 0.25) is 0 Å². The molecular weight excluding hydrogens is 233 g/mol. The van der Waals surface area contributed by atoms with E-state index in [1.165, 1.54) is 13.3 Å². The molecule has 17 heavy (non-hydrogen) atoms. The van der Waals surface area contributed by atoms with E-state index in [-0.39, 0.29) is 11.4 Å². The van der Waals surface area contributed by atoms with Crippen LogP contribution in [-0.2, 0) is 6.18 Å². The molecule has 0 saturated heterocycles. The number of ether oxygens (including phenoxy) is 1. The van der Waals surface area contributed by atoms with Crippen molar-refractivity contribution in [3.63, 3.8) is 0 Å². The number of alkyl halides is 3. The molecule has 0 aromatic carbocycles. The molecule has 1 aliphatic rings. The van der Waals surface area contributed by atoms with Crippen molar-refractivity contribution >= 4 is 5.57 Å². The maximum atomic E-state index is 12.9. The summed E-state index contributed by atoms with van der Waals surface area (Å²) in [5, 5.41) is 2.96. The summed E-state index contributed by atoms with van der Waals surface area (Å²) < 4.78 is 43.4. The quantitative estimate of drug-likeness (QED) is 0.865. The van der Waals surface area contributed by atoms with Crippen molar-refractivity contribution in [2.45, 2.75) is 6.18 Å². The van der Waals surface area contributed by atoms with Crippen molar-refractivity contribution in [1.29, 1.82) is 0 Å². The van der Waals surface area contributed by atoms with Crippen LogP contribution < -0.4 is 10.1 Å². The number of nitrogens with one attached hydrogen (secondary N) is 1. The van der Waals surface area contributed by atoms with Crippen LogP contribution in [0.15, 0.2) is 18.3 Å². The van der Waals surface area contributed by atoms with Crippen LogP contribution in [-0.4, -0.2) is 25.2 Å². The lowest BCUT2D eigenvalue weighted by molar-refractivity contribution is -0.137. The van der Waals surface area contributed by atoms with E-state index in [4.69, 9.17) is 4.74 Å². The number of pyridine rings is 1. The predicted octanol–water partition coefficient (Wildman–Crippen LogP) is 2.10. The predicted molar refractivity (Wildman–Crippen MR) is 56.6 cm³/mol. The van der Waals surface area contributed by atoms with Crippen molar-refractivity contribution in [2.24, 2.45) is 0 Å². The number of hydrogen-bond acceptors (Lipinski definition) is 3. The van der Waals surface area contributed by atoms with Gasteiger partial charge in [-0.05, 0) is 5.57 Å². The molecule has 6 heteroatoms. The van der Waals surface area contributed by atoms with Gasteiger partial charge in [0.05, 0.1) is 12.7 Å². The zero-order valence-corrected chi connectivity index (χ0v) is 9.14. The first-order valence-corrected chi connectivity index (χ1v) is 5.03.